The van der Waals surface area contributed by atoms with E-state index in [9.17, 15) is 14.0 Å². The Bertz CT molecular complexity index is 1330. The first-order chi connectivity index (χ1) is 16.5. The highest BCUT2D eigenvalue weighted by Crippen LogP contribution is 2.28. The Morgan fingerprint density at radius 1 is 1.06 bits per heavy atom. The number of anilines is 1. The van der Waals surface area contributed by atoms with Crippen LogP contribution in [-0.2, 0) is 6.54 Å². The predicted octanol–water partition coefficient (Wildman–Crippen LogP) is 5.27. The van der Waals surface area contributed by atoms with Crippen LogP contribution in [0.2, 0.25) is 0 Å². The highest BCUT2D eigenvalue weighted by atomic mass is 32.1. The highest BCUT2D eigenvalue weighted by molar-refractivity contribution is 7.16. The van der Waals surface area contributed by atoms with Gasteiger partial charge in [0, 0.05) is 42.3 Å². The zero-order valence-corrected chi connectivity index (χ0v) is 19.6. The number of para-hydroxylation sites is 1. The largest absolute Gasteiger partial charge is 0.334 e. The van der Waals surface area contributed by atoms with Crippen LogP contribution in [0.25, 0.3) is 10.2 Å². The van der Waals surface area contributed by atoms with Gasteiger partial charge in [-0.3, -0.25) is 4.79 Å². The van der Waals surface area contributed by atoms with Gasteiger partial charge < -0.3 is 19.7 Å². The van der Waals surface area contributed by atoms with Crippen LogP contribution in [0, 0.1) is 5.82 Å². The van der Waals surface area contributed by atoms with Crippen LogP contribution in [0.4, 0.5) is 14.9 Å². The second-order valence-corrected chi connectivity index (χ2v) is 9.37. The lowest BCUT2D eigenvalue weighted by Crippen LogP contribution is -2.56. The number of piperazine rings is 1. The molecule has 1 atom stereocenters. The van der Waals surface area contributed by atoms with E-state index < -0.39 is 0 Å². The smallest absolute Gasteiger partial charge is 0.322 e. The topological polar surface area (TPSA) is 57.6 Å². The van der Waals surface area contributed by atoms with E-state index in [0.717, 1.165) is 15.9 Å². The van der Waals surface area contributed by atoms with Gasteiger partial charge in [0.05, 0.1) is 6.54 Å². The van der Waals surface area contributed by atoms with Crippen molar-refractivity contribution in [2.75, 3.05) is 25.0 Å². The molecule has 1 aliphatic heterocycles. The average Bonchev–Trinajstić information content (AvgIpc) is 3.43. The molecular formula is C26H25FN4O2S. The van der Waals surface area contributed by atoms with Gasteiger partial charge in [-0.2, -0.15) is 0 Å². The molecule has 1 saturated heterocycles. The van der Waals surface area contributed by atoms with Gasteiger partial charge in [-0.15, -0.1) is 11.3 Å². The first-order valence-electron chi connectivity index (χ1n) is 11.2. The minimum atomic E-state index is -0.286. The maximum absolute atomic E-state index is 14.4. The summed E-state index contributed by atoms with van der Waals surface area (Å²) in [5, 5.41) is 5.87. The summed E-state index contributed by atoms with van der Waals surface area (Å²) in [4.78, 5) is 30.8. The van der Waals surface area contributed by atoms with Crippen LogP contribution >= 0.6 is 11.3 Å². The molecule has 3 heterocycles. The molecule has 3 amide bonds. The van der Waals surface area contributed by atoms with Crippen molar-refractivity contribution in [2.45, 2.75) is 19.5 Å². The number of benzene rings is 2. The van der Waals surface area contributed by atoms with E-state index in [0.29, 0.717) is 30.9 Å². The van der Waals surface area contributed by atoms with Gasteiger partial charge >= 0.3 is 6.03 Å². The van der Waals surface area contributed by atoms with Gasteiger partial charge in [-0.05, 0) is 42.6 Å². The molecule has 2 aromatic heterocycles. The molecule has 0 saturated carbocycles. The number of hydrogen-bond donors (Lipinski definition) is 1. The summed E-state index contributed by atoms with van der Waals surface area (Å²) in [6, 6.07) is 19.5. The Hall–Kier alpha value is -3.65. The van der Waals surface area contributed by atoms with Crippen molar-refractivity contribution in [3.8, 4) is 0 Å². The Morgan fingerprint density at radius 2 is 1.82 bits per heavy atom. The third kappa shape index (κ3) is 4.28. The molecule has 1 N–H and O–H groups in total. The number of thiophene rings is 1. The lowest BCUT2D eigenvalue weighted by Gasteiger charge is -2.39. The molecule has 5 rings (SSSR count). The molecule has 174 valence electrons. The Morgan fingerprint density at radius 3 is 2.59 bits per heavy atom. The normalized spacial score (nSPS) is 16.1. The minimum Gasteiger partial charge on any atom is -0.334 e. The standard InChI is InChI=1S/C26H25FN4O2S/c1-18-16-29(12-13-30(18)26(33)28-21-8-3-2-4-9-21)24(32)23-15-19-11-14-34-25(19)31(23)17-20-7-5-6-10-22(20)27/h2-11,14-15,18H,12-13,16-17H2,1H3,(H,28,33). The minimum absolute atomic E-state index is 0.102. The van der Waals surface area contributed by atoms with E-state index in [-0.39, 0.29) is 30.3 Å². The van der Waals surface area contributed by atoms with Crippen LogP contribution in [0.5, 0.6) is 0 Å². The number of fused-ring (bicyclic) bond motifs is 1. The summed E-state index contributed by atoms with van der Waals surface area (Å²) in [6.07, 6.45) is 0. The summed E-state index contributed by atoms with van der Waals surface area (Å²) < 4.78 is 16.3. The van der Waals surface area contributed by atoms with Crippen molar-refractivity contribution in [3.63, 3.8) is 0 Å². The fourth-order valence-corrected chi connectivity index (χ4v) is 5.33. The van der Waals surface area contributed by atoms with Crippen LogP contribution < -0.4 is 5.32 Å². The van der Waals surface area contributed by atoms with Gasteiger partial charge in [0.1, 0.15) is 16.3 Å². The molecule has 8 heteroatoms. The molecule has 0 aliphatic carbocycles. The van der Waals surface area contributed by atoms with Crippen molar-refractivity contribution in [3.05, 3.63) is 89.2 Å². The van der Waals surface area contributed by atoms with Crippen LogP contribution in [-0.4, -0.2) is 52.0 Å². The molecule has 34 heavy (non-hydrogen) atoms. The van der Waals surface area contributed by atoms with Crippen LogP contribution in [0.15, 0.2) is 72.1 Å². The van der Waals surface area contributed by atoms with Crippen LogP contribution in [0.1, 0.15) is 23.0 Å². The fourth-order valence-electron chi connectivity index (χ4n) is 4.43. The molecule has 0 spiro atoms. The molecule has 6 nitrogen and oxygen atoms in total. The number of carbonyl (C=O) groups excluding carboxylic acids is 2. The highest BCUT2D eigenvalue weighted by Gasteiger charge is 2.32. The molecule has 0 bridgehead atoms. The van der Waals surface area contributed by atoms with Gasteiger partial charge in [0.2, 0.25) is 0 Å². The number of amides is 3. The number of urea groups is 1. The van der Waals surface area contributed by atoms with Crippen molar-refractivity contribution >= 4 is 39.2 Å². The van der Waals surface area contributed by atoms with Gasteiger partial charge in [-0.25, -0.2) is 9.18 Å². The van der Waals surface area contributed by atoms with Gasteiger partial charge in [0.25, 0.3) is 5.91 Å². The molecule has 1 unspecified atom stereocenters. The Labute approximate surface area is 201 Å². The molecule has 1 fully saturated rings. The number of halogens is 1. The third-order valence-corrected chi connectivity index (χ3v) is 7.16. The molecule has 0 radical (unpaired) electrons. The molecule has 2 aromatic carbocycles. The van der Waals surface area contributed by atoms with Crippen molar-refractivity contribution in [1.29, 1.82) is 0 Å². The summed E-state index contributed by atoms with van der Waals surface area (Å²) in [5.41, 5.74) is 1.82. The summed E-state index contributed by atoms with van der Waals surface area (Å²) in [7, 11) is 0. The number of nitrogens with one attached hydrogen (secondary N) is 1. The monoisotopic (exact) mass is 476 g/mol. The first-order valence-corrected chi connectivity index (χ1v) is 12.1. The number of rotatable bonds is 4. The van der Waals surface area contributed by atoms with E-state index in [1.807, 2.05) is 59.3 Å². The molecule has 4 aromatic rings. The van der Waals surface area contributed by atoms with Crippen molar-refractivity contribution in [1.82, 2.24) is 14.4 Å². The molecular weight excluding hydrogens is 451 g/mol. The number of carbonyl (C=O) groups is 2. The van der Waals surface area contributed by atoms with E-state index in [1.54, 1.807) is 28.0 Å². The Kier molecular flexibility index (Phi) is 6.06. The lowest BCUT2D eigenvalue weighted by atomic mass is 10.1. The zero-order valence-electron chi connectivity index (χ0n) is 18.8. The predicted molar refractivity (Wildman–Crippen MR) is 133 cm³/mol. The fraction of sp³-hybridized carbons (Fsp3) is 0.231. The number of nitrogens with zero attached hydrogens (tertiary/aromatic N) is 3. The Balaban J connectivity index is 1.33. The maximum atomic E-state index is 14.4. The zero-order chi connectivity index (χ0) is 23.7. The third-order valence-electron chi connectivity index (χ3n) is 6.21. The van der Waals surface area contributed by atoms with E-state index in [2.05, 4.69) is 5.32 Å². The van der Waals surface area contributed by atoms with Crippen molar-refractivity contribution < 1.29 is 14.0 Å². The number of hydrogen-bond acceptors (Lipinski definition) is 3. The molecule has 1 aliphatic rings. The van der Waals surface area contributed by atoms with E-state index in [4.69, 9.17) is 0 Å². The van der Waals surface area contributed by atoms with Crippen molar-refractivity contribution in [2.24, 2.45) is 0 Å². The van der Waals surface area contributed by atoms with Gasteiger partial charge in [-0.1, -0.05) is 36.4 Å². The SMILES string of the molecule is CC1CN(C(=O)c2cc3ccsc3n2Cc2ccccc2F)CCN1C(=O)Nc1ccccc1. The first kappa shape index (κ1) is 22.2. The summed E-state index contributed by atoms with van der Waals surface area (Å²) in [6.45, 7) is 3.53. The second-order valence-electron chi connectivity index (χ2n) is 8.48. The van der Waals surface area contributed by atoms with Crippen LogP contribution in [0.3, 0.4) is 0 Å². The number of aromatic nitrogens is 1. The second kappa shape index (κ2) is 9.30. The summed E-state index contributed by atoms with van der Waals surface area (Å²) in [5.74, 6) is -0.388. The lowest BCUT2D eigenvalue weighted by molar-refractivity contribution is 0.0583. The average molecular weight is 477 g/mol. The quantitative estimate of drug-likeness (QED) is 0.436. The maximum Gasteiger partial charge on any atom is 0.322 e. The van der Waals surface area contributed by atoms with Gasteiger partial charge in [0.15, 0.2) is 0 Å². The van der Waals surface area contributed by atoms with E-state index >= 15 is 0 Å². The van der Waals surface area contributed by atoms with E-state index in [1.165, 1.54) is 17.4 Å². The summed E-state index contributed by atoms with van der Waals surface area (Å²) >= 11 is 1.54.